The summed E-state index contributed by atoms with van der Waals surface area (Å²) in [4.78, 5) is 16.7. The van der Waals surface area contributed by atoms with E-state index in [1.54, 1.807) is 12.3 Å². The number of benzene rings is 1. The molecule has 0 aliphatic rings. The zero-order chi connectivity index (χ0) is 17.0. The molecule has 124 valence electrons. The Kier molecular flexibility index (Phi) is 5.55. The summed E-state index contributed by atoms with van der Waals surface area (Å²) < 4.78 is 0. The molecule has 2 aromatic rings. The lowest BCUT2D eigenvalue weighted by molar-refractivity contribution is 0.0898. The molecule has 0 radical (unpaired) electrons. The Hall–Kier alpha value is -1.72. The van der Waals surface area contributed by atoms with E-state index < -0.39 is 0 Å². The van der Waals surface area contributed by atoms with Crippen molar-refractivity contribution < 1.29 is 9.90 Å². The third kappa shape index (κ3) is 5.15. The standard InChI is InChI=1S/C18H24N2O2S/c1-12-5-7-14(8-6-12)17-20-15(10-23-17)16(22)19-11-18(3,4)9-13(2)21/h5-8,10,13,21H,9,11H2,1-4H3,(H,19,22)/t13-/m0/s1. The van der Waals surface area contributed by atoms with Crippen molar-refractivity contribution in [1.82, 2.24) is 10.3 Å². The lowest BCUT2D eigenvalue weighted by Crippen LogP contribution is -2.35. The van der Waals surface area contributed by atoms with Crippen molar-refractivity contribution >= 4 is 17.2 Å². The highest BCUT2D eigenvalue weighted by atomic mass is 32.1. The molecule has 0 unspecified atom stereocenters. The molecule has 0 aliphatic carbocycles. The zero-order valence-electron chi connectivity index (χ0n) is 14.1. The maximum Gasteiger partial charge on any atom is 0.270 e. The van der Waals surface area contributed by atoms with Crippen LogP contribution in [0.4, 0.5) is 0 Å². The van der Waals surface area contributed by atoms with Gasteiger partial charge in [0, 0.05) is 17.5 Å². The Morgan fingerprint density at radius 1 is 1.35 bits per heavy atom. The molecule has 0 aliphatic heterocycles. The summed E-state index contributed by atoms with van der Waals surface area (Å²) in [5, 5.41) is 15.0. The average Bonchev–Trinajstić information content (AvgIpc) is 2.94. The van der Waals surface area contributed by atoms with Gasteiger partial charge in [0.05, 0.1) is 6.10 Å². The number of amides is 1. The number of rotatable bonds is 6. The molecular formula is C18H24N2O2S. The smallest absolute Gasteiger partial charge is 0.270 e. The van der Waals surface area contributed by atoms with Gasteiger partial charge < -0.3 is 10.4 Å². The van der Waals surface area contributed by atoms with Crippen molar-refractivity contribution in [3.8, 4) is 10.6 Å². The number of hydrogen-bond donors (Lipinski definition) is 2. The van der Waals surface area contributed by atoms with Gasteiger partial charge in [-0.1, -0.05) is 43.7 Å². The van der Waals surface area contributed by atoms with Crippen LogP contribution in [0.3, 0.4) is 0 Å². The van der Waals surface area contributed by atoms with Crippen LogP contribution in [0.2, 0.25) is 0 Å². The van der Waals surface area contributed by atoms with E-state index in [4.69, 9.17) is 0 Å². The molecule has 1 amide bonds. The van der Waals surface area contributed by atoms with Crippen LogP contribution in [-0.4, -0.2) is 28.6 Å². The van der Waals surface area contributed by atoms with Crippen LogP contribution in [0.15, 0.2) is 29.6 Å². The van der Waals surface area contributed by atoms with E-state index in [2.05, 4.69) is 10.3 Å². The van der Waals surface area contributed by atoms with Gasteiger partial charge in [-0.05, 0) is 25.7 Å². The molecule has 0 saturated heterocycles. The molecule has 23 heavy (non-hydrogen) atoms. The minimum atomic E-state index is -0.380. The number of hydrogen-bond acceptors (Lipinski definition) is 4. The number of aryl methyl sites for hydroxylation is 1. The second-order valence-electron chi connectivity index (χ2n) is 6.80. The van der Waals surface area contributed by atoms with Crippen molar-refractivity contribution in [2.24, 2.45) is 5.41 Å². The topological polar surface area (TPSA) is 62.2 Å². The summed E-state index contributed by atoms with van der Waals surface area (Å²) in [5.74, 6) is -0.168. The molecule has 0 fully saturated rings. The Bertz CT molecular complexity index is 660. The van der Waals surface area contributed by atoms with Gasteiger partial charge >= 0.3 is 0 Å². The molecule has 1 aromatic carbocycles. The summed E-state index contributed by atoms with van der Waals surface area (Å²) in [7, 11) is 0. The largest absolute Gasteiger partial charge is 0.393 e. The Morgan fingerprint density at radius 2 is 2.00 bits per heavy atom. The van der Waals surface area contributed by atoms with Gasteiger partial charge in [0.1, 0.15) is 10.7 Å². The van der Waals surface area contributed by atoms with Crippen molar-refractivity contribution in [1.29, 1.82) is 0 Å². The van der Waals surface area contributed by atoms with E-state index >= 15 is 0 Å². The van der Waals surface area contributed by atoms with Gasteiger partial charge in [-0.3, -0.25) is 4.79 Å². The number of nitrogens with zero attached hydrogens (tertiary/aromatic N) is 1. The van der Waals surface area contributed by atoms with Crippen LogP contribution in [0.25, 0.3) is 10.6 Å². The first-order valence-corrected chi connectivity index (χ1v) is 8.64. The van der Waals surface area contributed by atoms with Gasteiger partial charge in [0.15, 0.2) is 0 Å². The SMILES string of the molecule is Cc1ccc(-c2nc(C(=O)NCC(C)(C)C[C@H](C)O)cs2)cc1. The highest BCUT2D eigenvalue weighted by Gasteiger charge is 2.22. The monoisotopic (exact) mass is 332 g/mol. The van der Waals surface area contributed by atoms with Crippen LogP contribution in [0.5, 0.6) is 0 Å². The van der Waals surface area contributed by atoms with Crippen LogP contribution in [-0.2, 0) is 0 Å². The second-order valence-corrected chi connectivity index (χ2v) is 7.66. The number of thiazole rings is 1. The fraction of sp³-hybridized carbons (Fsp3) is 0.444. The van der Waals surface area contributed by atoms with Gasteiger partial charge in [-0.15, -0.1) is 11.3 Å². The third-order valence-electron chi connectivity index (χ3n) is 3.61. The summed E-state index contributed by atoms with van der Waals surface area (Å²) in [6.45, 7) is 8.36. The summed E-state index contributed by atoms with van der Waals surface area (Å²) >= 11 is 1.47. The first kappa shape index (κ1) is 17.6. The van der Waals surface area contributed by atoms with Gasteiger partial charge in [0.2, 0.25) is 0 Å². The van der Waals surface area contributed by atoms with E-state index in [9.17, 15) is 9.90 Å². The van der Waals surface area contributed by atoms with Gasteiger partial charge in [-0.2, -0.15) is 0 Å². The molecule has 4 nitrogen and oxygen atoms in total. The maximum atomic E-state index is 12.2. The third-order valence-corrected chi connectivity index (χ3v) is 4.50. The Labute approximate surface area is 141 Å². The average molecular weight is 332 g/mol. The number of nitrogens with one attached hydrogen (secondary N) is 1. The molecule has 1 heterocycles. The van der Waals surface area contributed by atoms with E-state index in [1.807, 2.05) is 45.0 Å². The van der Waals surface area contributed by atoms with E-state index in [1.165, 1.54) is 16.9 Å². The molecule has 2 rings (SSSR count). The lowest BCUT2D eigenvalue weighted by atomic mass is 9.87. The predicted molar refractivity (Wildman–Crippen MR) is 94.7 cm³/mol. The maximum absolute atomic E-state index is 12.2. The molecule has 0 bridgehead atoms. The first-order chi connectivity index (χ1) is 10.8. The van der Waals surface area contributed by atoms with Crippen LogP contribution in [0.1, 0.15) is 43.2 Å². The molecule has 0 spiro atoms. The van der Waals surface area contributed by atoms with Crippen LogP contribution < -0.4 is 5.32 Å². The quantitative estimate of drug-likeness (QED) is 0.849. The minimum Gasteiger partial charge on any atom is -0.393 e. The Balaban J connectivity index is 2.00. The number of carbonyl (C=O) groups excluding carboxylic acids is 1. The fourth-order valence-electron chi connectivity index (χ4n) is 2.49. The van der Waals surface area contributed by atoms with Gasteiger partial charge in [-0.25, -0.2) is 4.98 Å². The molecule has 5 heteroatoms. The first-order valence-electron chi connectivity index (χ1n) is 7.76. The summed E-state index contributed by atoms with van der Waals surface area (Å²) in [5.41, 5.74) is 2.51. The predicted octanol–water partition coefficient (Wildman–Crippen LogP) is 3.65. The fourth-order valence-corrected chi connectivity index (χ4v) is 3.29. The van der Waals surface area contributed by atoms with Crippen LogP contribution >= 0.6 is 11.3 Å². The van der Waals surface area contributed by atoms with Gasteiger partial charge in [0.25, 0.3) is 5.91 Å². The number of aliphatic hydroxyl groups excluding tert-OH is 1. The Morgan fingerprint density at radius 3 is 2.61 bits per heavy atom. The van der Waals surface area contributed by atoms with Crippen molar-refractivity contribution in [2.75, 3.05) is 6.54 Å². The number of carbonyl (C=O) groups is 1. The van der Waals surface area contributed by atoms with E-state index in [0.717, 1.165) is 10.6 Å². The molecule has 2 N–H and O–H groups in total. The molecule has 1 aromatic heterocycles. The number of aromatic nitrogens is 1. The van der Waals surface area contributed by atoms with Crippen molar-refractivity contribution in [2.45, 2.75) is 40.2 Å². The molecule has 0 saturated carbocycles. The summed E-state index contributed by atoms with van der Waals surface area (Å²) in [6, 6.07) is 8.10. The van der Waals surface area contributed by atoms with E-state index in [0.29, 0.717) is 18.7 Å². The highest BCUT2D eigenvalue weighted by Crippen LogP contribution is 2.24. The van der Waals surface area contributed by atoms with Crippen molar-refractivity contribution in [3.05, 3.63) is 40.9 Å². The van der Waals surface area contributed by atoms with Crippen molar-refractivity contribution in [3.63, 3.8) is 0 Å². The molecule has 1 atom stereocenters. The van der Waals surface area contributed by atoms with E-state index in [-0.39, 0.29) is 17.4 Å². The second kappa shape index (κ2) is 7.23. The normalized spacial score (nSPS) is 12.9. The number of aliphatic hydroxyl groups is 1. The van der Waals surface area contributed by atoms with Crippen LogP contribution in [0, 0.1) is 12.3 Å². The minimum absolute atomic E-state index is 0.153. The zero-order valence-corrected chi connectivity index (χ0v) is 14.9. The molecular weight excluding hydrogens is 308 g/mol. The lowest BCUT2D eigenvalue weighted by Gasteiger charge is -2.26. The highest BCUT2D eigenvalue weighted by molar-refractivity contribution is 7.13. The summed E-state index contributed by atoms with van der Waals surface area (Å²) in [6.07, 6.45) is 0.258.